The average Bonchev–Trinajstić information content (AvgIpc) is 2.50. The minimum atomic E-state index is -0.204. The molecule has 1 aromatic carbocycles. The first kappa shape index (κ1) is 17.8. The van der Waals surface area contributed by atoms with Crippen LogP contribution in [0.3, 0.4) is 0 Å². The number of hydrogen-bond donors (Lipinski definition) is 2. The highest BCUT2D eigenvalue weighted by molar-refractivity contribution is 5.92. The molecule has 0 aliphatic heterocycles. The summed E-state index contributed by atoms with van der Waals surface area (Å²) in [6, 6.07) is 7.53. The Morgan fingerprint density at radius 1 is 1.18 bits per heavy atom. The van der Waals surface area contributed by atoms with E-state index in [9.17, 15) is 9.59 Å². The van der Waals surface area contributed by atoms with E-state index in [1.807, 2.05) is 45.0 Å². The lowest BCUT2D eigenvalue weighted by Crippen LogP contribution is -2.35. The number of hydrogen-bond acceptors (Lipinski definition) is 3. The molecular formula is C17H24N2O3. The molecule has 5 nitrogen and oxygen atoms in total. The molecule has 0 fully saturated rings. The first-order chi connectivity index (χ1) is 10.5. The van der Waals surface area contributed by atoms with Crippen LogP contribution in [0.5, 0.6) is 5.75 Å². The van der Waals surface area contributed by atoms with Crippen LogP contribution in [0.1, 0.15) is 26.3 Å². The van der Waals surface area contributed by atoms with Crippen molar-refractivity contribution in [3.8, 4) is 5.75 Å². The van der Waals surface area contributed by atoms with Crippen LogP contribution in [-0.2, 0) is 9.59 Å². The van der Waals surface area contributed by atoms with Crippen molar-refractivity contribution in [1.29, 1.82) is 0 Å². The van der Waals surface area contributed by atoms with Gasteiger partial charge in [0.2, 0.25) is 11.8 Å². The van der Waals surface area contributed by atoms with Gasteiger partial charge in [0.05, 0.1) is 6.61 Å². The van der Waals surface area contributed by atoms with Crippen molar-refractivity contribution in [2.45, 2.75) is 20.8 Å². The Kier molecular flexibility index (Phi) is 7.75. The SMILES string of the molecule is CCOc1ccccc1/C=C/C(=O)NCCNC(=O)C(C)C. The Bertz CT molecular complexity index is 524. The zero-order valence-corrected chi connectivity index (χ0v) is 13.4. The number of nitrogens with one attached hydrogen (secondary N) is 2. The van der Waals surface area contributed by atoms with Gasteiger partial charge >= 0.3 is 0 Å². The molecule has 0 heterocycles. The number of benzene rings is 1. The molecule has 0 unspecified atom stereocenters. The van der Waals surface area contributed by atoms with Crippen LogP contribution >= 0.6 is 0 Å². The van der Waals surface area contributed by atoms with Gasteiger partial charge in [-0.1, -0.05) is 32.0 Å². The fourth-order valence-corrected chi connectivity index (χ4v) is 1.71. The van der Waals surface area contributed by atoms with E-state index in [2.05, 4.69) is 10.6 Å². The Balaban J connectivity index is 2.40. The fraction of sp³-hybridized carbons (Fsp3) is 0.412. The molecule has 2 N–H and O–H groups in total. The van der Waals surface area contributed by atoms with Gasteiger partial charge in [0.1, 0.15) is 5.75 Å². The molecule has 0 saturated heterocycles. The minimum absolute atomic E-state index is 0.0181. The Hall–Kier alpha value is -2.30. The summed E-state index contributed by atoms with van der Waals surface area (Å²) >= 11 is 0. The fourth-order valence-electron chi connectivity index (χ4n) is 1.71. The van der Waals surface area contributed by atoms with Crippen molar-refractivity contribution in [1.82, 2.24) is 10.6 Å². The monoisotopic (exact) mass is 304 g/mol. The van der Waals surface area contributed by atoms with Gasteiger partial charge in [0.25, 0.3) is 0 Å². The summed E-state index contributed by atoms with van der Waals surface area (Å²) in [5.74, 6) is 0.476. The van der Waals surface area contributed by atoms with Gasteiger partial charge in [0, 0.05) is 30.6 Å². The third-order valence-electron chi connectivity index (χ3n) is 2.88. The van der Waals surface area contributed by atoms with Gasteiger partial charge in [0.15, 0.2) is 0 Å². The van der Waals surface area contributed by atoms with Crippen molar-refractivity contribution in [2.75, 3.05) is 19.7 Å². The molecular weight excluding hydrogens is 280 g/mol. The first-order valence-corrected chi connectivity index (χ1v) is 7.50. The molecule has 0 aliphatic carbocycles. The molecule has 0 saturated carbocycles. The zero-order chi connectivity index (χ0) is 16.4. The smallest absolute Gasteiger partial charge is 0.244 e. The van der Waals surface area contributed by atoms with E-state index < -0.39 is 0 Å². The molecule has 22 heavy (non-hydrogen) atoms. The van der Waals surface area contributed by atoms with Crippen molar-refractivity contribution >= 4 is 17.9 Å². The zero-order valence-electron chi connectivity index (χ0n) is 13.4. The van der Waals surface area contributed by atoms with Gasteiger partial charge in [-0.2, -0.15) is 0 Å². The molecule has 5 heteroatoms. The molecule has 0 aromatic heterocycles. The summed E-state index contributed by atoms with van der Waals surface area (Å²) in [5.41, 5.74) is 0.854. The van der Waals surface area contributed by atoms with Crippen LogP contribution in [-0.4, -0.2) is 31.5 Å². The van der Waals surface area contributed by atoms with Gasteiger partial charge in [-0.25, -0.2) is 0 Å². The van der Waals surface area contributed by atoms with Crippen LogP contribution in [0.25, 0.3) is 6.08 Å². The Morgan fingerprint density at radius 3 is 2.55 bits per heavy atom. The predicted octanol–water partition coefficient (Wildman–Crippen LogP) is 1.99. The summed E-state index contributed by atoms with van der Waals surface area (Å²) in [7, 11) is 0. The van der Waals surface area contributed by atoms with Gasteiger partial charge in [-0.15, -0.1) is 0 Å². The molecule has 0 aliphatic rings. The molecule has 120 valence electrons. The predicted molar refractivity (Wildman–Crippen MR) is 87.5 cm³/mol. The molecule has 1 aromatic rings. The van der Waals surface area contributed by atoms with Crippen LogP contribution in [0.2, 0.25) is 0 Å². The summed E-state index contributed by atoms with van der Waals surface area (Å²) < 4.78 is 5.49. The lowest BCUT2D eigenvalue weighted by molar-refractivity contribution is -0.124. The molecule has 2 amide bonds. The lowest BCUT2D eigenvalue weighted by atomic mass is 10.2. The topological polar surface area (TPSA) is 67.4 Å². The van der Waals surface area contributed by atoms with Gasteiger partial charge in [-0.3, -0.25) is 9.59 Å². The Morgan fingerprint density at radius 2 is 1.86 bits per heavy atom. The maximum atomic E-state index is 11.7. The standard InChI is InChI=1S/C17H24N2O3/c1-4-22-15-8-6-5-7-14(15)9-10-16(20)18-11-12-19-17(21)13(2)3/h5-10,13H,4,11-12H2,1-3H3,(H,18,20)(H,19,21)/b10-9+. The normalized spacial score (nSPS) is 10.7. The van der Waals surface area contributed by atoms with Crippen LogP contribution in [0, 0.1) is 5.92 Å². The van der Waals surface area contributed by atoms with E-state index in [1.165, 1.54) is 6.08 Å². The van der Waals surface area contributed by atoms with E-state index in [0.29, 0.717) is 19.7 Å². The molecule has 0 atom stereocenters. The number of para-hydroxylation sites is 1. The number of amides is 2. The lowest BCUT2D eigenvalue weighted by Gasteiger charge is -2.08. The van der Waals surface area contributed by atoms with E-state index in [0.717, 1.165) is 11.3 Å². The highest BCUT2D eigenvalue weighted by atomic mass is 16.5. The summed E-state index contributed by atoms with van der Waals surface area (Å²) in [4.78, 5) is 23.1. The van der Waals surface area contributed by atoms with Gasteiger partial charge < -0.3 is 15.4 Å². The number of carbonyl (C=O) groups excluding carboxylic acids is 2. The number of ether oxygens (including phenoxy) is 1. The van der Waals surface area contributed by atoms with Crippen LogP contribution < -0.4 is 15.4 Å². The molecule has 0 radical (unpaired) electrons. The molecule has 0 spiro atoms. The minimum Gasteiger partial charge on any atom is -0.493 e. The highest BCUT2D eigenvalue weighted by Gasteiger charge is 2.05. The van der Waals surface area contributed by atoms with Crippen molar-refractivity contribution in [3.63, 3.8) is 0 Å². The van der Waals surface area contributed by atoms with E-state index in [4.69, 9.17) is 4.74 Å². The second-order valence-corrected chi connectivity index (χ2v) is 5.04. The second kappa shape index (κ2) is 9.60. The maximum Gasteiger partial charge on any atom is 0.244 e. The average molecular weight is 304 g/mol. The van der Waals surface area contributed by atoms with Crippen LogP contribution in [0.4, 0.5) is 0 Å². The second-order valence-electron chi connectivity index (χ2n) is 5.04. The molecule has 0 bridgehead atoms. The largest absolute Gasteiger partial charge is 0.493 e. The summed E-state index contributed by atoms with van der Waals surface area (Å²) in [6.45, 7) is 6.96. The number of carbonyl (C=O) groups is 2. The Labute approximate surface area is 131 Å². The van der Waals surface area contributed by atoms with Crippen molar-refractivity contribution in [3.05, 3.63) is 35.9 Å². The third kappa shape index (κ3) is 6.43. The van der Waals surface area contributed by atoms with E-state index in [1.54, 1.807) is 6.08 Å². The number of rotatable bonds is 8. The van der Waals surface area contributed by atoms with E-state index >= 15 is 0 Å². The third-order valence-corrected chi connectivity index (χ3v) is 2.88. The quantitative estimate of drug-likeness (QED) is 0.570. The van der Waals surface area contributed by atoms with Gasteiger partial charge in [-0.05, 0) is 19.1 Å². The highest BCUT2D eigenvalue weighted by Crippen LogP contribution is 2.19. The first-order valence-electron chi connectivity index (χ1n) is 7.50. The summed E-state index contributed by atoms with van der Waals surface area (Å²) in [6.07, 6.45) is 3.18. The van der Waals surface area contributed by atoms with Crippen molar-refractivity contribution in [2.24, 2.45) is 5.92 Å². The maximum absolute atomic E-state index is 11.7. The van der Waals surface area contributed by atoms with Crippen LogP contribution in [0.15, 0.2) is 30.3 Å². The summed E-state index contributed by atoms with van der Waals surface area (Å²) in [5, 5.41) is 5.46. The van der Waals surface area contributed by atoms with E-state index in [-0.39, 0.29) is 17.7 Å². The van der Waals surface area contributed by atoms with Crippen molar-refractivity contribution < 1.29 is 14.3 Å². The molecule has 1 rings (SSSR count).